The summed E-state index contributed by atoms with van der Waals surface area (Å²) in [7, 11) is -8.27. The van der Waals surface area contributed by atoms with Crippen LogP contribution in [0.15, 0.2) is 0 Å². The van der Waals surface area contributed by atoms with Gasteiger partial charge in [0.05, 0.1) is 13.2 Å². The second-order valence-corrected chi connectivity index (χ2v) is 6.97. The van der Waals surface area contributed by atoms with Gasteiger partial charge in [0, 0.05) is 6.26 Å². The van der Waals surface area contributed by atoms with E-state index >= 15 is 0 Å². The van der Waals surface area contributed by atoms with Crippen LogP contribution in [0.25, 0.3) is 0 Å². The number of hydrogen-bond donors (Lipinski definition) is 0. The van der Waals surface area contributed by atoms with Gasteiger partial charge in [0.15, 0.2) is 9.84 Å². The largest absolute Gasteiger partial charge is 0.380 e. The van der Waals surface area contributed by atoms with Crippen LogP contribution in [0.4, 0.5) is 4.39 Å². The summed E-state index contributed by atoms with van der Waals surface area (Å²) in [4.78, 5) is 0. The van der Waals surface area contributed by atoms with Crippen molar-refractivity contribution < 1.29 is 26.4 Å². The Bertz CT molecular complexity index is 304. The van der Waals surface area contributed by atoms with Crippen molar-refractivity contribution in [1.82, 2.24) is 0 Å². The van der Waals surface area contributed by atoms with Crippen molar-refractivity contribution in [3.8, 4) is 0 Å². The van der Waals surface area contributed by atoms with Gasteiger partial charge in [-0.05, 0) is 13.8 Å². The van der Waals surface area contributed by atoms with Crippen molar-refractivity contribution >= 4 is 17.4 Å². The summed E-state index contributed by atoms with van der Waals surface area (Å²) in [5.74, 6) is 0. The van der Waals surface area contributed by atoms with E-state index < -0.39 is 22.7 Å². The summed E-state index contributed by atoms with van der Waals surface area (Å²) in [5.41, 5.74) is 0. The molecule has 0 bridgehead atoms. The highest BCUT2D eigenvalue weighted by molar-refractivity contribution is 7.97. The van der Waals surface area contributed by atoms with Crippen molar-refractivity contribution in [3.63, 3.8) is 0 Å². The van der Waals surface area contributed by atoms with Gasteiger partial charge < -0.3 is 9.05 Å². The molecule has 86 valence electrons. The van der Waals surface area contributed by atoms with Gasteiger partial charge in [-0.1, -0.05) is 0 Å². The molecule has 0 fully saturated rings. The lowest BCUT2D eigenvalue weighted by molar-refractivity contribution is 0.203. The molecule has 0 aliphatic carbocycles. The minimum absolute atomic E-state index is 0.0762. The lowest BCUT2D eigenvalue weighted by Gasteiger charge is -2.18. The molecule has 0 aromatic heterocycles. The van der Waals surface area contributed by atoms with E-state index in [1.165, 1.54) is 13.8 Å². The smallest absolute Gasteiger partial charge is 0.306 e. The van der Waals surface area contributed by atoms with Crippen LogP contribution in [-0.4, -0.2) is 33.1 Å². The lowest BCUT2D eigenvalue weighted by Crippen LogP contribution is -2.18. The van der Waals surface area contributed by atoms with E-state index in [0.717, 1.165) is 0 Å². The zero-order valence-corrected chi connectivity index (χ0v) is 9.98. The second-order valence-electron chi connectivity index (χ2n) is 2.50. The quantitative estimate of drug-likeness (QED) is 0.667. The molecule has 1 atom stereocenters. The van der Waals surface area contributed by atoms with Gasteiger partial charge in [-0.3, -0.25) is 4.57 Å². The van der Waals surface area contributed by atoms with Crippen LogP contribution in [0.3, 0.4) is 0 Å². The number of halogens is 1. The van der Waals surface area contributed by atoms with Crippen LogP contribution in [0.1, 0.15) is 13.8 Å². The van der Waals surface area contributed by atoms with Gasteiger partial charge in [0.25, 0.3) is 5.24 Å². The second kappa shape index (κ2) is 5.21. The van der Waals surface area contributed by atoms with Crippen LogP contribution in [0.5, 0.6) is 0 Å². The Balaban J connectivity index is 4.92. The minimum atomic E-state index is -4.19. The molecule has 0 heterocycles. The highest BCUT2D eigenvalue weighted by atomic mass is 32.2. The van der Waals surface area contributed by atoms with Crippen LogP contribution in [-0.2, 0) is 23.4 Å². The van der Waals surface area contributed by atoms with Crippen molar-refractivity contribution in [3.05, 3.63) is 0 Å². The Morgan fingerprint density at radius 1 is 1.29 bits per heavy atom. The minimum Gasteiger partial charge on any atom is -0.306 e. The Hall–Kier alpha value is 0.0300. The number of rotatable bonds is 6. The van der Waals surface area contributed by atoms with E-state index in [1.807, 2.05) is 0 Å². The fraction of sp³-hybridized carbons (Fsp3) is 1.00. The lowest BCUT2D eigenvalue weighted by atomic mass is 10.9. The fourth-order valence-corrected chi connectivity index (χ4v) is 4.02. The third kappa shape index (κ3) is 3.65. The summed E-state index contributed by atoms with van der Waals surface area (Å²) in [5, 5.41) is -2.62. The Morgan fingerprint density at radius 3 is 1.86 bits per heavy atom. The van der Waals surface area contributed by atoms with Gasteiger partial charge in [0.1, 0.15) is 0 Å². The summed E-state index contributed by atoms with van der Waals surface area (Å²) < 4.78 is 55.5. The van der Waals surface area contributed by atoms with E-state index in [1.54, 1.807) is 0 Å². The number of alkyl halides is 1. The third-order valence-corrected chi connectivity index (χ3v) is 5.58. The maximum atomic E-state index is 13.2. The maximum absolute atomic E-state index is 13.2. The molecule has 0 aromatic carbocycles. The SMILES string of the molecule is CCOP(=O)(OCC)C(F)S(C)(=O)=O. The summed E-state index contributed by atoms with van der Waals surface area (Å²) in [6.45, 7) is 2.79. The topological polar surface area (TPSA) is 69.7 Å². The maximum Gasteiger partial charge on any atom is 0.380 e. The molecule has 0 aliphatic heterocycles. The molecule has 14 heavy (non-hydrogen) atoms. The molecule has 8 heteroatoms. The number of sulfone groups is 1. The molecule has 5 nitrogen and oxygen atoms in total. The van der Waals surface area contributed by atoms with E-state index in [-0.39, 0.29) is 13.2 Å². The van der Waals surface area contributed by atoms with Crippen molar-refractivity contribution in [2.75, 3.05) is 19.5 Å². The standard InChI is InChI=1S/C6H14FO5PS/c1-4-11-13(8,12-5-2)6(7)14(3,9)10/h6H,4-5H2,1-3H3. The Labute approximate surface area is 83.0 Å². The Kier molecular flexibility index (Phi) is 5.22. The first-order chi connectivity index (χ1) is 6.28. The number of hydrogen-bond acceptors (Lipinski definition) is 5. The molecule has 0 saturated heterocycles. The van der Waals surface area contributed by atoms with Crippen LogP contribution >= 0.6 is 7.60 Å². The molecule has 0 saturated carbocycles. The molecule has 0 N–H and O–H groups in total. The third-order valence-electron chi connectivity index (χ3n) is 1.22. The van der Waals surface area contributed by atoms with Gasteiger partial charge in [-0.15, -0.1) is 0 Å². The molecular weight excluding hydrogens is 234 g/mol. The highest BCUT2D eigenvalue weighted by Crippen LogP contribution is 2.55. The average Bonchev–Trinajstić information content (AvgIpc) is 2.02. The van der Waals surface area contributed by atoms with Gasteiger partial charge in [-0.25, -0.2) is 12.8 Å². The molecule has 0 aliphatic rings. The summed E-state index contributed by atoms with van der Waals surface area (Å²) >= 11 is 0. The zero-order valence-electron chi connectivity index (χ0n) is 8.27. The van der Waals surface area contributed by atoms with Gasteiger partial charge >= 0.3 is 7.60 Å². The van der Waals surface area contributed by atoms with Crippen molar-refractivity contribution in [2.24, 2.45) is 0 Å². The predicted octanol–water partition coefficient (Wildman–Crippen LogP) is 1.55. The first-order valence-corrected chi connectivity index (χ1v) is 7.56. The Morgan fingerprint density at radius 2 is 1.64 bits per heavy atom. The van der Waals surface area contributed by atoms with E-state index in [0.29, 0.717) is 6.26 Å². The van der Waals surface area contributed by atoms with Gasteiger partial charge in [-0.2, -0.15) is 0 Å². The van der Waals surface area contributed by atoms with Crippen LogP contribution < -0.4 is 0 Å². The molecule has 0 spiro atoms. The summed E-state index contributed by atoms with van der Waals surface area (Å²) in [6.07, 6.45) is 0.641. The van der Waals surface area contributed by atoms with E-state index in [2.05, 4.69) is 9.05 Å². The van der Waals surface area contributed by atoms with E-state index in [9.17, 15) is 17.4 Å². The highest BCUT2D eigenvalue weighted by Gasteiger charge is 2.43. The predicted molar refractivity (Wildman–Crippen MR) is 50.6 cm³/mol. The van der Waals surface area contributed by atoms with Gasteiger partial charge in [0.2, 0.25) is 0 Å². The molecule has 0 amide bonds. The van der Waals surface area contributed by atoms with Crippen LogP contribution in [0, 0.1) is 0 Å². The van der Waals surface area contributed by atoms with Crippen LogP contribution in [0.2, 0.25) is 0 Å². The molecule has 0 radical (unpaired) electrons. The normalized spacial score (nSPS) is 15.4. The molecule has 1 unspecified atom stereocenters. The summed E-state index contributed by atoms with van der Waals surface area (Å²) in [6, 6.07) is 0. The fourth-order valence-electron chi connectivity index (χ4n) is 0.749. The van der Waals surface area contributed by atoms with E-state index in [4.69, 9.17) is 0 Å². The molecule has 0 aromatic rings. The zero-order chi connectivity index (χ0) is 11.4. The van der Waals surface area contributed by atoms with Crippen molar-refractivity contribution in [2.45, 2.75) is 19.1 Å². The van der Waals surface area contributed by atoms with Crippen molar-refractivity contribution in [1.29, 1.82) is 0 Å². The average molecular weight is 248 g/mol. The monoisotopic (exact) mass is 248 g/mol. The molecular formula is C6H14FO5PS. The first kappa shape index (κ1) is 14.0. The molecule has 0 rings (SSSR count). The first-order valence-electron chi connectivity index (χ1n) is 3.99.